The van der Waals surface area contributed by atoms with Gasteiger partial charge in [-0.15, -0.1) is 0 Å². The van der Waals surface area contributed by atoms with Gasteiger partial charge in [-0.25, -0.2) is 0 Å². The van der Waals surface area contributed by atoms with E-state index < -0.39 is 0 Å². The molecule has 1 atom stereocenters. The van der Waals surface area contributed by atoms with Crippen molar-refractivity contribution < 1.29 is 4.57 Å². The molecule has 0 fully saturated rings. The molecule has 0 amide bonds. The van der Waals surface area contributed by atoms with Gasteiger partial charge in [0.15, 0.2) is 0 Å². The minimum atomic E-state index is 1.17. The molecule has 7 heavy (non-hydrogen) atoms. The summed E-state index contributed by atoms with van der Waals surface area (Å²) in [4.78, 5) is 0. The van der Waals surface area contributed by atoms with Crippen molar-refractivity contribution in [3.63, 3.8) is 0 Å². The van der Waals surface area contributed by atoms with E-state index in [4.69, 9.17) is 4.57 Å². The van der Waals surface area contributed by atoms with Crippen LogP contribution in [0.4, 0.5) is 0 Å². The molecule has 0 saturated carbocycles. The summed E-state index contributed by atoms with van der Waals surface area (Å²) in [5.74, 6) is 0. The summed E-state index contributed by atoms with van der Waals surface area (Å²) in [7, 11) is 1.17. The van der Waals surface area contributed by atoms with Crippen molar-refractivity contribution >= 4 is 9.12 Å². The largest absolute Gasteiger partial charge is 0.310 e. The van der Waals surface area contributed by atoms with E-state index in [9.17, 15) is 0 Å². The first kappa shape index (κ1) is 6.84. The normalized spacial score (nSPS) is 15.4. The van der Waals surface area contributed by atoms with Crippen LogP contribution in [0.15, 0.2) is 12.2 Å². The van der Waals surface area contributed by atoms with E-state index in [1.165, 1.54) is 28.4 Å². The smallest absolute Gasteiger partial charge is 0.0885 e. The van der Waals surface area contributed by atoms with Crippen molar-refractivity contribution in [2.45, 2.75) is 19.3 Å². The molecule has 0 aliphatic heterocycles. The van der Waals surface area contributed by atoms with Gasteiger partial charge in [-0.1, -0.05) is 16.7 Å². The van der Waals surface area contributed by atoms with Crippen LogP contribution < -0.4 is 0 Å². The van der Waals surface area contributed by atoms with Crippen LogP contribution in [0.25, 0.3) is 0 Å². The third kappa shape index (κ3) is 3.68. The summed E-state index contributed by atoms with van der Waals surface area (Å²) in [6.07, 6.45) is 8.50. The predicted octanol–water partition coefficient (Wildman–Crippen LogP) is 1.93. The SMILES string of the molecule is C1=CCCC1.O=[PH2+]. The Hall–Kier alpha value is -0.160. The van der Waals surface area contributed by atoms with E-state index in [0.717, 1.165) is 0 Å². The molecule has 0 radical (unpaired) electrons. The number of hydrogen-bond donors (Lipinski definition) is 0. The zero-order valence-electron chi connectivity index (χ0n) is 4.26. The fourth-order valence-electron chi connectivity index (χ4n) is 0.589. The van der Waals surface area contributed by atoms with E-state index in [0.29, 0.717) is 0 Å². The van der Waals surface area contributed by atoms with Crippen LogP contribution in [0.3, 0.4) is 0 Å². The highest BCUT2D eigenvalue weighted by Gasteiger charge is 1.84. The number of allylic oxidation sites excluding steroid dienone is 2. The van der Waals surface area contributed by atoms with Crippen LogP contribution >= 0.6 is 9.12 Å². The molecule has 0 bridgehead atoms. The van der Waals surface area contributed by atoms with Crippen molar-refractivity contribution in [1.82, 2.24) is 0 Å². The summed E-state index contributed by atoms with van der Waals surface area (Å²) >= 11 is 0. The Morgan fingerprint density at radius 2 is 1.57 bits per heavy atom. The summed E-state index contributed by atoms with van der Waals surface area (Å²) in [5.41, 5.74) is 0. The first-order valence-electron chi connectivity index (χ1n) is 2.39. The Morgan fingerprint density at radius 3 is 1.71 bits per heavy atom. The molecule has 0 heterocycles. The lowest BCUT2D eigenvalue weighted by Gasteiger charge is -1.69. The Bertz CT molecular complexity index is 55.1. The summed E-state index contributed by atoms with van der Waals surface area (Å²) in [6, 6.07) is 0. The van der Waals surface area contributed by atoms with E-state index in [1.807, 2.05) is 0 Å². The molecule has 0 saturated heterocycles. The van der Waals surface area contributed by atoms with Crippen LogP contribution in [0, 0.1) is 0 Å². The topological polar surface area (TPSA) is 17.1 Å². The van der Waals surface area contributed by atoms with Gasteiger partial charge >= 0.3 is 9.12 Å². The van der Waals surface area contributed by atoms with Crippen LogP contribution in [-0.4, -0.2) is 0 Å². The molecule has 0 N–H and O–H groups in total. The molecule has 1 rings (SSSR count). The molecular formula is C5H10OP+. The van der Waals surface area contributed by atoms with Crippen molar-refractivity contribution in [1.29, 1.82) is 0 Å². The summed E-state index contributed by atoms with van der Waals surface area (Å²) in [5, 5.41) is 0. The molecule has 1 nitrogen and oxygen atoms in total. The maximum atomic E-state index is 8.17. The Kier molecular flexibility index (Phi) is 5.71. The fraction of sp³-hybridized carbons (Fsp3) is 0.600. The zero-order valence-corrected chi connectivity index (χ0v) is 5.42. The predicted molar refractivity (Wildman–Crippen MR) is 33.4 cm³/mol. The molecule has 1 unspecified atom stereocenters. The minimum absolute atomic E-state index is 1.17. The van der Waals surface area contributed by atoms with Crippen molar-refractivity contribution in [2.24, 2.45) is 0 Å². The fourth-order valence-corrected chi connectivity index (χ4v) is 0.589. The monoisotopic (exact) mass is 117 g/mol. The number of hydrogen-bond acceptors (Lipinski definition) is 1. The van der Waals surface area contributed by atoms with Crippen molar-refractivity contribution in [3.8, 4) is 0 Å². The average Bonchev–Trinajstić information content (AvgIpc) is 2.23. The Morgan fingerprint density at radius 1 is 1.14 bits per heavy atom. The third-order valence-corrected chi connectivity index (χ3v) is 0.908. The first-order chi connectivity index (χ1) is 3.50. The minimum Gasteiger partial charge on any atom is -0.0885 e. The maximum absolute atomic E-state index is 8.17. The van der Waals surface area contributed by atoms with E-state index in [-0.39, 0.29) is 0 Å². The molecule has 0 spiro atoms. The van der Waals surface area contributed by atoms with Gasteiger partial charge in [-0.05, 0) is 19.3 Å². The summed E-state index contributed by atoms with van der Waals surface area (Å²) in [6.45, 7) is 0. The van der Waals surface area contributed by atoms with Gasteiger partial charge in [0.25, 0.3) is 0 Å². The Labute approximate surface area is 46.0 Å². The number of rotatable bonds is 0. The van der Waals surface area contributed by atoms with Crippen molar-refractivity contribution in [2.75, 3.05) is 0 Å². The van der Waals surface area contributed by atoms with E-state index in [1.54, 1.807) is 0 Å². The third-order valence-electron chi connectivity index (χ3n) is 0.908. The van der Waals surface area contributed by atoms with Gasteiger partial charge in [0.05, 0.1) is 0 Å². The second-order valence-corrected chi connectivity index (χ2v) is 1.40. The van der Waals surface area contributed by atoms with Gasteiger partial charge in [0.1, 0.15) is 0 Å². The highest BCUT2D eigenvalue weighted by molar-refractivity contribution is 7.00. The van der Waals surface area contributed by atoms with Crippen LogP contribution in [-0.2, 0) is 4.57 Å². The molecule has 0 aromatic rings. The van der Waals surface area contributed by atoms with Gasteiger partial charge in [0.2, 0.25) is 0 Å². The standard InChI is InChI=1S/C5H8.H2OP/c1-2-4-5-3-1;1-2/h1-2H,3-5H2;2H2/q;+1. The highest BCUT2D eigenvalue weighted by Crippen LogP contribution is 2.05. The molecule has 1 aliphatic carbocycles. The second-order valence-electron chi connectivity index (χ2n) is 1.40. The zero-order chi connectivity index (χ0) is 5.54. The molecule has 40 valence electrons. The molecular weight excluding hydrogens is 107 g/mol. The summed E-state index contributed by atoms with van der Waals surface area (Å²) < 4.78 is 8.17. The van der Waals surface area contributed by atoms with Crippen LogP contribution in [0.2, 0.25) is 0 Å². The Balaban J connectivity index is 0.000000162. The lowest BCUT2D eigenvalue weighted by Crippen LogP contribution is -1.50. The van der Waals surface area contributed by atoms with Crippen molar-refractivity contribution in [3.05, 3.63) is 12.2 Å². The van der Waals surface area contributed by atoms with Crippen LogP contribution in [0.5, 0.6) is 0 Å². The van der Waals surface area contributed by atoms with Gasteiger partial charge in [0, 0.05) is 0 Å². The molecule has 0 aromatic carbocycles. The lowest BCUT2D eigenvalue weighted by atomic mass is 10.4. The lowest BCUT2D eigenvalue weighted by molar-refractivity contribution is 0.607. The van der Waals surface area contributed by atoms with Gasteiger partial charge < -0.3 is 0 Å². The maximum Gasteiger partial charge on any atom is 0.310 e. The van der Waals surface area contributed by atoms with E-state index >= 15 is 0 Å². The highest BCUT2D eigenvalue weighted by atomic mass is 31.0. The molecule has 1 aliphatic rings. The van der Waals surface area contributed by atoms with Crippen LogP contribution in [0.1, 0.15) is 19.3 Å². The first-order valence-corrected chi connectivity index (χ1v) is 2.86. The second kappa shape index (κ2) is 5.84. The van der Waals surface area contributed by atoms with Gasteiger partial charge in [-0.2, -0.15) is 0 Å². The van der Waals surface area contributed by atoms with Gasteiger partial charge in [-0.3, -0.25) is 0 Å². The van der Waals surface area contributed by atoms with E-state index in [2.05, 4.69) is 12.2 Å². The quantitative estimate of drug-likeness (QED) is 0.350. The molecule has 0 aromatic heterocycles. The molecule has 2 heteroatoms. The average molecular weight is 117 g/mol.